The lowest BCUT2D eigenvalue weighted by atomic mass is 10.1. The summed E-state index contributed by atoms with van der Waals surface area (Å²) in [7, 11) is 0. The number of anilines is 3. The van der Waals surface area contributed by atoms with Crippen molar-refractivity contribution < 1.29 is 32.6 Å². The lowest BCUT2D eigenvalue weighted by molar-refractivity contribution is -0.192. The Hall–Kier alpha value is -3.99. The van der Waals surface area contributed by atoms with Crippen LogP contribution in [0, 0.1) is 5.92 Å². The molecule has 0 spiro atoms. The Morgan fingerprint density at radius 3 is 2.38 bits per heavy atom. The van der Waals surface area contributed by atoms with Crippen molar-refractivity contribution in [1.29, 1.82) is 0 Å². The predicted molar refractivity (Wildman–Crippen MR) is 118 cm³/mol. The highest BCUT2D eigenvalue weighted by molar-refractivity contribution is 5.91. The van der Waals surface area contributed by atoms with E-state index in [9.17, 15) is 18.0 Å². The SMILES string of the molecule is O=C(Nc1nccc(-c2cccc(Nc3ccccc3)c2)n1)C1CCOC1.O=C(O)C(F)(F)F. The summed E-state index contributed by atoms with van der Waals surface area (Å²) in [5.74, 6) is -2.67. The van der Waals surface area contributed by atoms with E-state index < -0.39 is 12.1 Å². The quantitative estimate of drug-likeness (QED) is 0.499. The maximum Gasteiger partial charge on any atom is 0.490 e. The standard InChI is InChI=1S/C21H20N4O2.C2HF3O2/c26-20(16-10-12-27-14-16)25-21-22-11-9-19(24-21)15-5-4-8-18(13-15)23-17-6-2-1-3-7-17;3-2(4,5)1(6)7/h1-9,11,13,16,23H,10,12,14H2,(H,22,24,25,26);(H,6,7). The Bertz CT molecular complexity index is 1120. The number of halogens is 3. The number of aliphatic carboxylic acids is 1. The number of para-hydroxylation sites is 1. The molecule has 1 amide bonds. The number of amides is 1. The summed E-state index contributed by atoms with van der Waals surface area (Å²) in [6.07, 6.45) is -2.70. The first kappa shape index (κ1) is 24.6. The number of rotatable bonds is 5. The molecule has 3 aromatic rings. The van der Waals surface area contributed by atoms with Crippen LogP contribution >= 0.6 is 0 Å². The van der Waals surface area contributed by atoms with E-state index in [1.165, 1.54) is 0 Å². The highest BCUT2D eigenvalue weighted by atomic mass is 19.4. The highest BCUT2D eigenvalue weighted by Gasteiger charge is 2.38. The third kappa shape index (κ3) is 7.27. The number of aromatic nitrogens is 2. The molecule has 1 aliphatic rings. The Morgan fingerprint density at radius 2 is 1.74 bits per heavy atom. The lowest BCUT2D eigenvalue weighted by Gasteiger charge is -2.10. The number of nitrogens with zero attached hydrogens (tertiary/aromatic N) is 2. The van der Waals surface area contributed by atoms with Gasteiger partial charge >= 0.3 is 12.1 Å². The fraction of sp³-hybridized carbons (Fsp3) is 0.217. The van der Waals surface area contributed by atoms with Gasteiger partial charge in [-0.05, 0) is 36.8 Å². The molecule has 1 aromatic heterocycles. The van der Waals surface area contributed by atoms with Crippen LogP contribution in [0.4, 0.5) is 30.5 Å². The van der Waals surface area contributed by atoms with Gasteiger partial charge in [-0.2, -0.15) is 13.2 Å². The summed E-state index contributed by atoms with van der Waals surface area (Å²) in [5, 5.41) is 13.3. The van der Waals surface area contributed by atoms with Crippen LogP contribution in [0.2, 0.25) is 0 Å². The minimum absolute atomic E-state index is 0.0934. The molecule has 3 N–H and O–H groups in total. The summed E-state index contributed by atoms with van der Waals surface area (Å²) in [5.41, 5.74) is 3.67. The van der Waals surface area contributed by atoms with E-state index in [2.05, 4.69) is 20.6 Å². The topological polar surface area (TPSA) is 113 Å². The van der Waals surface area contributed by atoms with Crippen molar-refractivity contribution in [2.45, 2.75) is 12.6 Å². The molecular formula is C23H21F3N4O4. The van der Waals surface area contributed by atoms with E-state index in [1.54, 1.807) is 6.20 Å². The number of alkyl halides is 3. The monoisotopic (exact) mass is 474 g/mol. The first-order valence-corrected chi connectivity index (χ1v) is 10.2. The predicted octanol–water partition coefficient (Wildman–Crippen LogP) is 4.50. The second-order valence-electron chi connectivity index (χ2n) is 7.19. The molecule has 1 atom stereocenters. The fourth-order valence-corrected chi connectivity index (χ4v) is 2.98. The summed E-state index contributed by atoms with van der Waals surface area (Å²) < 4.78 is 37.0. The third-order valence-corrected chi connectivity index (χ3v) is 4.65. The van der Waals surface area contributed by atoms with Gasteiger partial charge < -0.3 is 15.2 Å². The van der Waals surface area contributed by atoms with Gasteiger partial charge in [0, 0.05) is 29.7 Å². The Kier molecular flexibility index (Phi) is 8.14. The van der Waals surface area contributed by atoms with Gasteiger partial charge in [0.05, 0.1) is 18.2 Å². The van der Waals surface area contributed by atoms with Gasteiger partial charge in [0.25, 0.3) is 0 Å². The normalized spacial score (nSPS) is 15.1. The number of hydrogen-bond acceptors (Lipinski definition) is 6. The number of carbonyl (C=O) groups excluding carboxylic acids is 1. The molecule has 34 heavy (non-hydrogen) atoms. The van der Waals surface area contributed by atoms with Crippen LogP contribution in [-0.4, -0.2) is 46.3 Å². The lowest BCUT2D eigenvalue weighted by Crippen LogP contribution is -2.24. The van der Waals surface area contributed by atoms with Gasteiger partial charge in [0.1, 0.15) is 0 Å². The second-order valence-corrected chi connectivity index (χ2v) is 7.19. The minimum atomic E-state index is -5.08. The average Bonchev–Trinajstić information content (AvgIpc) is 3.35. The second kappa shape index (κ2) is 11.2. The number of carboxylic acids is 1. The Morgan fingerprint density at radius 1 is 1.03 bits per heavy atom. The molecule has 4 rings (SSSR count). The smallest absolute Gasteiger partial charge is 0.475 e. The van der Waals surface area contributed by atoms with Crippen molar-refractivity contribution in [3.8, 4) is 11.3 Å². The van der Waals surface area contributed by atoms with Crippen molar-refractivity contribution in [1.82, 2.24) is 9.97 Å². The maximum absolute atomic E-state index is 12.2. The van der Waals surface area contributed by atoms with Crippen LogP contribution in [0.3, 0.4) is 0 Å². The van der Waals surface area contributed by atoms with E-state index in [4.69, 9.17) is 14.6 Å². The summed E-state index contributed by atoms with van der Waals surface area (Å²) in [4.78, 5) is 29.8. The molecule has 0 saturated carbocycles. The zero-order valence-electron chi connectivity index (χ0n) is 17.7. The first-order chi connectivity index (χ1) is 16.2. The number of ether oxygens (including phenoxy) is 1. The van der Waals surface area contributed by atoms with Gasteiger partial charge in [-0.3, -0.25) is 10.1 Å². The summed E-state index contributed by atoms with van der Waals surface area (Å²) in [6.45, 7) is 1.08. The van der Waals surface area contributed by atoms with Crippen molar-refractivity contribution >= 4 is 29.2 Å². The Labute approximate surface area is 192 Å². The van der Waals surface area contributed by atoms with Gasteiger partial charge in [-0.15, -0.1) is 0 Å². The molecule has 0 bridgehead atoms. The van der Waals surface area contributed by atoms with Crippen molar-refractivity contribution in [3.63, 3.8) is 0 Å². The van der Waals surface area contributed by atoms with Gasteiger partial charge in [-0.1, -0.05) is 30.3 Å². The van der Waals surface area contributed by atoms with E-state index >= 15 is 0 Å². The van der Waals surface area contributed by atoms with Crippen molar-refractivity contribution in [3.05, 3.63) is 66.9 Å². The number of carboxylic acid groups (broad SMARTS) is 1. The van der Waals surface area contributed by atoms with Crippen LogP contribution < -0.4 is 10.6 Å². The fourth-order valence-electron chi connectivity index (χ4n) is 2.98. The largest absolute Gasteiger partial charge is 0.490 e. The molecule has 0 aliphatic carbocycles. The van der Waals surface area contributed by atoms with Crippen LogP contribution in [0.15, 0.2) is 66.9 Å². The maximum atomic E-state index is 12.2. The van der Waals surface area contributed by atoms with Crippen LogP contribution in [-0.2, 0) is 14.3 Å². The highest BCUT2D eigenvalue weighted by Crippen LogP contribution is 2.24. The molecule has 0 radical (unpaired) electrons. The summed E-state index contributed by atoms with van der Waals surface area (Å²) >= 11 is 0. The van der Waals surface area contributed by atoms with E-state index in [-0.39, 0.29) is 11.8 Å². The molecule has 1 fully saturated rings. The van der Waals surface area contributed by atoms with Crippen molar-refractivity contribution in [2.75, 3.05) is 23.8 Å². The minimum Gasteiger partial charge on any atom is -0.475 e. The number of carbonyl (C=O) groups is 2. The number of nitrogens with one attached hydrogen (secondary N) is 2. The van der Waals surface area contributed by atoms with Gasteiger partial charge in [0.15, 0.2) is 0 Å². The molecule has 11 heteroatoms. The van der Waals surface area contributed by atoms with E-state index in [0.717, 1.165) is 29.1 Å². The summed E-state index contributed by atoms with van der Waals surface area (Å²) in [6, 6.07) is 19.8. The zero-order chi connectivity index (χ0) is 24.6. The molecule has 8 nitrogen and oxygen atoms in total. The van der Waals surface area contributed by atoms with Crippen LogP contribution in [0.25, 0.3) is 11.3 Å². The third-order valence-electron chi connectivity index (χ3n) is 4.65. The van der Waals surface area contributed by atoms with E-state index in [1.807, 2.05) is 60.7 Å². The van der Waals surface area contributed by atoms with Crippen molar-refractivity contribution in [2.24, 2.45) is 5.92 Å². The zero-order valence-corrected chi connectivity index (χ0v) is 17.7. The molecule has 2 heterocycles. The number of benzene rings is 2. The molecule has 178 valence electrons. The molecule has 1 aliphatic heterocycles. The first-order valence-electron chi connectivity index (χ1n) is 10.2. The Balaban J connectivity index is 0.000000406. The average molecular weight is 474 g/mol. The molecule has 1 unspecified atom stereocenters. The number of hydrogen-bond donors (Lipinski definition) is 3. The van der Waals surface area contributed by atoms with Crippen LogP contribution in [0.5, 0.6) is 0 Å². The molecular weight excluding hydrogens is 453 g/mol. The van der Waals surface area contributed by atoms with Gasteiger partial charge in [-0.25, -0.2) is 14.8 Å². The molecule has 1 saturated heterocycles. The van der Waals surface area contributed by atoms with E-state index in [0.29, 0.717) is 19.2 Å². The van der Waals surface area contributed by atoms with Gasteiger partial charge in [0.2, 0.25) is 11.9 Å². The van der Waals surface area contributed by atoms with Crippen LogP contribution in [0.1, 0.15) is 6.42 Å². The molecule has 2 aromatic carbocycles.